The number of hydrogen-bond donors (Lipinski definition) is 2. The summed E-state index contributed by atoms with van der Waals surface area (Å²) in [6, 6.07) is 5.67. The van der Waals surface area contributed by atoms with Gasteiger partial charge in [0, 0.05) is 21.6 Å². The molecule has 7 nitrogen and oxygen atoms in total. The first kappa shape index (κ1) is 20.2. The van der Waals surface area contributed by atoms with Gasteiger partial charge in [0.1, 0.15) is 11.5 Å². The van der Waals surface area contributed by atoms with Crippen molar-refractivity contribution in [2.24, 2.45) is 5.92 Å². The van der Waals surface area contributed by atoms with Gasteiger partial charge >= 0.3 is 0 Å². The van der Waals surface area contributed by atoms with Crippen molar-refractivity contribution in [1.82, 2.24) is 15.3 Å². The Morgan fingerprint density at radius 2 is 2.11 bits per heavy atom. The van der Waals surface area contributed by atoms with Crippen molar-refractivity contribution < 1.29 is 21.5 Å². The zero-order valence-corrected chi connectivity index (χ0v) is 15.7. The van der Waals surface area contributed by atoms with Gasteiger partial charge in [0.25, 0.3) is 5.91 Å². The number of aromatic nitrogens is 2. The van der Waals surface area contributed by atoms with E-state index in [1.165, 1.54) is 49.9 Å². The average molecular weight is 392 g/mol. The smallest absolute Gasteiger partial charge is 0.275 e. The van der Waals surface area contributed by atoms with Crippen molar-refractivity contribution >= 4 is 11.6 Å². The number of nitrogens with one attached hydrogen (secondary N) is 2. The van der Waals surface area contributed by atoms with Crippen LogP contribution in [0.25, 0.3) is 0 Å². The highest BCUT2D eigenvalue weighted by Gasteiger charge is 2.18. The zero-order chi connectivity index (χ0) is 19.6. The summed E-state index contributed by atoms with van der Waals surface area (Å²) >= 11 is 0. The summed E-state index contributed by atoms with van der Waals surface area (Å²) < 4.78 is 23.6. The van der Waals surface area contributed by atoms with Crippen LogP contribution in [0, 0.1) is 11.7 Å². The van der Waals surface area contributed by atoms with Gasteiger partial charge in [-0.05, 0) is 37.0 Å². The Morgan fingerprint density at radius 3 is 2.64 bits per heavy atom. The molecule has 2 heterocycles. The molecule has 1 saturated carbocycles. The number of ether oxygens (including phenoxy) is 2. The molecule has 0 radical (unpaired) electrons. The van der Waals surface area contributed by atoms with Gasteiger partial charge < -0.3 is 20.1 Å². The number of hydrogen-bond acceptors (Lipinski definition) is 6. The lowest BCUT2D eigenvalue weighted by molar-refractivity contribution is 0.102. The Hall–Kier alpha value is -2.58. The van der Waals surface area contributed by atoms with E-state index in [-0.39, 0.29) is 8.55 Å². The minimum Gasteiger partial charge on any atom is -0.476 e. The first-order valence-electron chi connectivity index (χ1n) is 9.51. The number of carbonyl (C=O) groups is 1. The number of morpholine rings is 1. The van der Waals surface area contributed by atoms with Crippen molar-refractivity contribution in [3.8, 4) is 5.88 Å². The van der Waals surface area contributed by atoms with Crippen LogP contribution in [0.2, 0.25) is 0 Å². The molecule has 1 aromatic heterocycles. The van der Waals surface area contributed by atoms with Gasteiger partial charge in [-0.1, -0.05) is 12.5 Å². The fourth-order valence-electron chi connectivity index (χ4n) is 2.65. The number of amides is 1. The molecule has 0 atom stereocenters. The molecule has 0 bridgehead atoms. The van der Waals surface area contributed by atoms with Crippen molar-refractivity contribution in [1.29, 1.82) is 0 Å². The number of benzene rings is 1. The van der Waals surface area contributed by atoms with Crippen LogP contribution in [0.4, 0.5) is 10.1 Å². The minimum atomic E-state index is -0.441. The first-order valence-corrected chi connectivity index (χ1v) is 9.51. The van der Waals surface area contributed by atoms with Crippen LogP contribution in [-0.4, -0.2) is 48.8 Å². The van der Waals surface area contributed by atoms with Gasteiger partial charge in [0.2, 0.25) is 5.88 Å². The number of rotatable bonds is 5. The predicted molar refractivity (Wildman–Crippen MR) is 107 cm³/mol. The second-order valence-electron chi connectivity index (χ2n) is 6.67. The monoisotopic (exact) mass is 392 g/mol. The molecule has 2 aliphatic rings. The Bertz CT molecular complexity index is 748. The Balaban J connectivity index is 0.000000487. The molecule has 28 heavy (non-hydrogen) atoms. The zero-order valence-electron chi connectivity index (χ0n) is 15.7. The lowest BCUT2D eigenvalue weighted by Crippen LogP contribution is -2.30. The van der Waals surface area contributed by atoms with E-state index in [0.29, 0.717) is 24.1 Å². The predicted octanol–water partition coefficient (Wildman–Crippen LogP) is 3.15. The Kier molecular flexibility index (Phi) is 7.69. The molecule has 1 saturated heterocycles. The summed E-state index contributed by atoms with van der Waals surface area (Å²) in [5, 5.41) is 5.72. The quantitative estimate of drug-likeness (QED) is 0.813. The van der Waals surface area contributed by atoms with Crippen LogP contribution in [0.15, 0.2) is 36.7 Å². The fraction of sp³-hybridized carbons (Fsp3) is 0.450. The van der Waals surface area contributed by atoms with Gasteiger partial charge in [0.05, 0.1) is 32.2 Å². The molecule has 0 unspecified atom stereocenters. The van der Waals surface area contributed by atoms with Gasteiger partial charge in [-0.15, -0.1) is 0 Å². The maximum atomic E-state index is 13.1. The van der Waals surface area contributed by atoms with E-state index in [0.717, 1.165) is 26.3 Å². The first-order chi connectivity index (χ1) is 13.7. The van der Waals surface area contributed by atoms with Crippen LogP contribution >= 0.6 is 0 Å². The molecule has 1 aliphatic heterocycles. The fourth-order valence-corrected chi connectivity index (χ4v) is 2.65. The largest absolute Gasteiger partial charge is 0.476 e. The summed E-state index contributed by atoms with van der Waals surface area (Å²) in [7, 11) is 0. The lowest BCUT2D eigenvalue weighted by atomic mass is 9.86. The van der Waals surface area contributed by atoms with E-state index in [2.05, 4.69) is 20.6 Å². The third-order valence-corrected chi connectivity index (χ3v) is 4.48. The summed E-state index contributed by atoms with van der Waals surface area (Å²) in [6.07, 6.45) is 6.44. The minimum absolute atomic E-state index is 0. The van der Waals surface area contributed by atoms with Gasteiger partial charge in [0.15, 0.2) is 0 Å². The molecule has 1 aliphatic carbocycles. The third-order valence-electron chi connectivity index (χ3n) is 4.48. The Morgan fingerprint density at radius 1 is 1.29 bits per heavy atom. The molecule has 1 amide bonds. The molecule has 2 aromatic rings. The van der Waals surface area contributed by atoms with Crippen LogP contribution < -0.4 is 15.4 Å². The van der Waals surface area contributed by atoms with Crippen LogP contribution in [0.5, 0.6) is 5.88 Å². The summed E-state index contributed by atoms with van der Waals surface area (Å²) in [6.45, 7) is 4.48. The topological polar surface area (TPSA) is 85.4 Å². The third kappa shape index (κ3) is 6.54. The molecule has 154 valence electrons. The van der Waals surface area contributed by atoms with E-state index >= 15 is 0 Å². The van der Waals surface area contributed by atoms with Gasteiger partial charge in [-0.2, -0.15) is 0 Å². The van der Waals surface area contributed by atoms with E-state index in [4.69, 9.17) is 9.47 Å². The average Bonchev–Trinajstić information content (AvgIpc) is 2.69. The second kappa shape index (κ2) is 10.7. The van der Waals surface area contributed by atoms with Crippen LogP contribution in [0.1, 0.15) is 32.6 Å². The van der Waals surface area contributed by atoms with Gasteiger partial charge in [-0.3, -0.25) is 4.79 Å². The maximum absolute atomic E-state index is 13.1. The van der Waals surface area contributed by atoms with Crippen LogP contribution in [-0.2, 0) is 4.74 Å². The van der Waals surface area contributed by atoms with Crippen molar-refractivity contribution in [3.63, 3.8) is 0 Å². The summed E-state index contributed by atoms with van der Waals surface area (Å²) in [5.74, 6) is 0.166. The highest BCUT2D eigenvalue weighted by atomic mass is 19.1. The molecule has 4 rings (SSSR count). The molecular weight excluding hydrogens is 363 g/mol. The lowest BCUT2D eigenvalue weighted by Gasteiger charge is -2.24. The maximum Gasteiger partial charge on any atom is 0.275 e. The van der Waals surface area contributed by atoms with Gasteiger partial charge in [-0.25, -0.2) is 14.4 Å². The Labute approximate surface area is 166 Å². The second-order valence-corrected chi connectivity index (χ2v) is 6.67. The van der Waals surface area contributed by atoms with Crippen LogP contribution in [0.3, 0.4) is 0 Å². The SMILES string of the molecule is C1COCCN1.O=C(Nc1cccc(F)c1)c1cnc(OCC2CCC2)cn1.[HH].[HH]. The molecule has 2 fully saturated rings. The molecule has 2 N–H and O–H groups in total. The highest BCUT2D eigenvalue weighted by Crippen LogP contribution is 2.26. The molecule has 1 aromatic carbocycles. The summed E-state index contributed by atoms with van der Waals surface area (Å²) in [5.41, 5.74) is 0.525. The number of halogens is 1. The van der Waals surface area contributed by atoms with E-state index < -0.39 is 11.7 Å². The van der Waals surface area contributed by atoms with E-state index in [1.807, 2.05) is 0 Å². The van der Waals surface area contributed by atoms with E-state index in [9.17, 15) is 9.18 Å². The molecule has 0 spiro atoms. The van der Waals surface area contributed by atoms with E-state index in [1.54, 1.807) is 6.07 Å². The molecule has 8 heteroatoms. The summed E-state index contributed by atoms with van der Waals surface area (Å²) in [4.78, 5) is 20.1. The normalized spacial score (nSPS) is 16.3. The highest BCUT2D eigenvalue weighted by molar-refractivity contribution is 6.02. The molecular formula is C20H29FN4O3. The van der Waals surface area contributed by atoms with Crippen molar-refractivity contribution in [3.05, 3.63) is 48.2 Å². The standard InChI is InChI=1S/C16H16FN3O2.C4H9NO.2H2/c17-12-5-2-6-13(7-12)20-16(21)14-8-19-15(9-18-14)22-10-11-3-1-4-11;1-3-6-4-2-5-1;;/h2,5-9,11H,1,3-4,10H2,(H,20,21);5H,1-4H2;2*1H. The number of nitrogens with zero attached hydrogens (tertiary/aromatic N) is 2. The van der Waals surface area contributed by atoms with Crippen molar-refractivity contribution in [2.45, 2.75) is 19.3 Å². The number of anilines is 1. The number of carbonyl (C=O) groups excluding carboxylic acids is 1. The van der Waals surface area contributed by atoms with Crippen molar-refractivity contribution in [2.75, 3.05) is 38.2 Å².